The van der Waals surface area contributed by atoms with E-state index in [9.17, 15) is 4.79 Å². The number of anilines is 2. The quantitative estimate of drug-likeness (QED) is 0.851. The smallest absolute Gasteiger partial charge is 0.258 e. The van der Waals surface area contributed by atoms with Gasteiger partial charge in [0.15, 0.2) is 0 Å². The average Bonchev–Trinajstić information content (AvgIpc) is 2.32. The van der Waals surface area contributed by atoms with Crippen LogP contribution in [-0.2, 0) is 0 Å². The number of amides is 1. The monoisotopic (exact) mass is 248 g/mol. The van der Waals surface area contributed by atoms with E-state index in [1.165, 1.54) is 24.7 Å². The maximum Gasteiger partial charge on any atom is 0.258 e. The van der Waals surface area contributed by atoms with Gasteiger partial charge in [-0.2, -0.15) is 0 Å². The summed E-state index contributed by atoms with van der Waals surface area (Å²) >= 11 is 5.85. The Morgan fingerprint density at radius 2 is 2.12 bits per heavy atom. The van der Waals surface area contributed by atoms with Crippen LogP contribution in [0, 0.1) is 0 Å². The second-order valence-corrected chi connectivity index (χ2v) is 3.69. The first-order valence-electron chi connectivity index (χ1n) is 4.79. The molecule has 86 valence electrons. The summed E-state index contributed by atoms with van der Waals surface area (Å²) in [6, 6.07) is 4.80. The van der Waals surface area contributed by atoms with Crippen molar-refractivity contribution in [2.24, 2.45) is 0 Å². The zero-order valence-corrected chi connectivity index (χ0v) is 9.48. The van der Waals surface area contributed by atoms with Gasteiger partial charge in [-0.15, -0.1) is 0 Å². The summed E-state index contributed by atoms with van der Waals surface area (Å²) in [7, 11) is 0. The largest absolute Gasteiger partial charge is 0.397 e. The molecule has 0 unspecified atom stereocenters. The number of nitrogens with two attached hydrogens (primary N) is 1. The number of rotatable bonds is 2. The molecular formula is C11H9ClN4O. The number of carbonyl (C=O) groups is 1. The number of nitrogens with one attached hydrogen (secondary N) is 1. The van der Waals surface area contributed by atoms with Gasteiger partial charge in [-0.1, -0.05) is 11.6 Å². The number of halogens is 1. The third-order valence-electron chi connectivity index (χ3n) is 2.05. The van der Waals surface area contributed by atoms with Crippen molar-refractivity contribution in [2.45, 2.75) is 0 Å². The van der Waals surface area contributed by atoms with Crippen LogP contribution in [0.1, 0.15) is 10.4 Å². The Kier molecular flexibility index (Phi) is 3.20. The molecule has 0 saturated heterocycles. The fourth-order valence-electron chi connectivity index (χ4n) is 1.22. The number of nitrogen functional groups attached to an aromatic ring is 1. The van der Waals surface area contributed by atoms with E-state index >= 15 is 0 Å². The standard InChI is InChI=1S/C11H9ClN4O/c12-9-6-14-4-3-8(9)11(17)16-10-2-1-7(13)5-15-10/h1-6H,13H2,(H,15,16,17). The molecule has 2 rings (SSSR count). The van der Waals surface area contributed by atoms with E-state index in [0.29, 0.717) is 22.1 Å². The molecule has 0 spiro atoms. The van der Waals surface area contributed by atoms with Gasteiger partial charge in [0.2, 0.25) is 0 Å². The molecule has 3 N–H and O–H groups in total. The SMILES string of the molecule is Nc1ccc(NC(=O)c2ccncc2Cl)nc1. The summed E-state index contributed by atoms with van der Waals surface area (Å²) in [5.74, 6) is 0.0757. The molecular weight excluding hydrogens is 240 g/mol. The van der Waals surface area contributed by atoms with E-state index in [1.807, 2.05) is 0 Å². The Hall–Kier alpha value is -2.14. The Bertz CT molecular complexity index is 541. The first-order chi connectivity index (χ1) is 8.16. The third-order valence-corrected chi connectivity index (χ3v) is 2.35. The first kappa shape index (κ1) is 11.3. The zero-order valence-electron chi connectivity index (χ0n) is 8.72. The molecule has 0 saturated carbocycles. The Morgan fingerprint density at radius 1 is 1.29 bits per heavy atom. The van der Waals surface area contributed by atoms with Gasteiger partial charge in [0.1, 0.15) is 5.82 Å². The van der Waals surface area contributed by atoms with Crippen LogP contribution in [0.3, 0.4) is 0 Å². The highest BCUT2D eigenvalue weighted by atomic mass is 35.5. The molecule has 0 bridgehead atoms. The zero-order chi connectivity index (χ0) is 12.3. The summed E-state index contributed by atoms with van der Waals surface area (Å²) in [5, 5.41) is 2.90. The topological polar surface area (TPSA) is 80.9 Å². The minimum Gasteiger partial charge on any atom is -0.397 e. The van der Waals surface area contributed by atoms with Gasteiger partial charge in [0.05, 0.1) is 22.5 Å². The van der Waals surface area contributed by atoms with Crippen molar-refractivity contribution in [3.05, 3.63) is 47.4 Å². The van der Waals surface area contributed by atoms with Crippen LogP contribution in [0.5, 0.6) is 0 Å². The lowest BCUT2D eigenvalue weighted by Crippen LogP contribution is -2.13. The van der Waals surface area contributed by atoms with Crippen molar-refractivity contribution in [2.75, 3.05) is 11.1 Å². The predicted molar refractivity (Wildman–Crippen MR) is 65.8 cm³/mol. The van der Waals surface area contributed by atoms with Gasteiger partial charge < -0.3 is 11.1 Å². The Balaban J connectivity index is 2.17. The maximum atomic E-state index is 11.8. The second-order valence-electron chi connectivity index (χ2n) is 3.29. The van der Waals surface area contributed by atoms with Gasteiger partial charge in [-0.25, -0.2) is 4.98 Å². The molecule has 0 radical (unpaired) electrons. The normalized spacial score (nSPS) is 9.94. The van der Waals surface area contributed by atoms with Gasteiger partial charge in [0, 0.05) is 12.4 Å². The van der Waals surface area contributed by atoms with Crippen molar-refractivity contribution < 1.29 is 4.79 Å². The molecule has 0 aliphatic carbocycles. The molecule has 2 heterocycles. The minimum atomic E-state index is -0.338. The average molecular weight is 249 g/mol. The lowest BCUT2D eigenvalue weighted by atomic mass is 10.2. The second kappa shape index (κ2) is 4.80. The van der Waals surface area contributed by atoms with Crippen molar-refractivity contribution in [1.82, 2.24) is 9.97 Å². The fraction of sp³-hybridized carbons (Fsp3) is 0. The summed E-state index contributed by atoms with van der Waals surface area (Å²) in [6.07, 6.45) is 4.37. The van der Waals surface area contributed by atoms with Crippen LogP contribution in [0.2, 0.25) is 5.02 Å². The number of nitrogens with zero attached hydrogens (tertiary/aromatic N) is 2. The highest BCUT2D eigenvalue weighted by Gasteiger charge is 2.10. The number of aromatic nitrogens is 2. The van der Waals surface area contributed by atoms with Gasteiger partial charge in [0.25, 0.3) is 5.91 Å². The highest BCUT2D eigenvalue weighted by Crippen LogP contribution is 2.15. The van der Waals surface area contributed by atoms with Crippen molar-refractivity contribution >= 4 is 29.0 Å². The van der Waals surface area contributed by atoms with Crippen molar-refractivity contribution in [3.8, 4) is 0 Å². The number of pyridine rings is 2. The summed E-state index contributed by atoms with van der Waals surface area (Å²) in [4.78, 5) is 19.6. The molecule has 5 nitrogen and oxygen atoms in total. The summed E-state index contributed by atoms with van der Waals surface area (Å²) in [6.45, 7) is 0. The summed E-state index contributed by atoms with van der Waals surface area (Å²) in [5.41, 5.74) is 6.37. The predicted octanol–water partition coefficient (Wildman–Crippen LogP) is 1.96. The van der Waals surface area contributed by atoms with Crippen molar-refractivity contribution in [1.29, 1.82) is 0 Å². The van der Waals surface area contributed by atoms with E-state index in [2.05, 4.69) is 15.3 Å². The van der Waals surface area contributed by atoms with Gasteiger partial charge in [-0.05, 0) is 18.2 Å². The molecule has 0 fully saturated rings. The Labute approximate surface area is 103 Å². The molecule has 1 amide bonds. The molecule has 2 aromatic heterocycles. The molecule has 2 aromatic rings. The lowest BCUT2D eigenvalue weighted by Gasteiger charge is -2.05. The van der Waals surface area contributed by atoms with Crippen LogP contribution in [0.15, 0.2) is 36.8 Å². The van der Waals surface area contributed by atoms with Crippen LogP contribution in [-0.4, -0.2) is 15.9 Å². The number of carbonyl (C=O) groups excluding carboxylic acids is 1. The van der Waals surface area contributed by atoms with Crippen LogP contribution in [0.25, 0.3) is 0 Å². The maximum absolute atomic E-state index is 11.8. The van der Waals surface area contributed by atoms with Crippen molar-refractivity contribution in [3.63, 3.8) is 0 Å². The van der Waals surface area contributed by atoms with E-state index in [0.717, 1.165) is 0 Å². The van der Waals surface area contributed by atoms with Crippen LogP contribution in [0.4, 0.5) is 11.5 Å². The van der Waals surface area contributed by atoms with Gasteiger partial charge >= 0.3 is 0 Å². The van der Waals surface area contributed by atoms with E-state index < -0.39 is 0 Å². The highest BCUT2D eigenvalue weighted by molar-refractivity contribution is 6.34. The number of hydrogen-bond acceptors (Lipinski definition) is 4. The fourth-order valence-corrected chi connectivity index (χ4v) is 1.43. The van der Waals surface area contributed by atoms with E-state index in [4.69, 9.17) is 17.3 Å². The minimum absolute atomic E-state index is 0.292. The molecule has 6 heteroatoms. The number of hydrogen-bond donors (Lipinski definition) is 2. The first-order valence-corrected chi connectivity index (χ1v) is 5.17. The van der Waals surface area contributed by atoms with E-state index in [1.54, 1.807) is 12.1 Å². The summed E-state index contributed by atoms with van der Waals surface area (Å²) < 4.78 is 0. The van der Waals surface area contributed by atoms with Crippen LogP contribution < -0.4 is 11.1 Å². The Morgan fingerprint density at radius 3 is 2.76 bits per heavy atom. The molecule has 0 atom stereocenters. The third kappa shape index (κ3) is 2.70. The van der Waals surface area contributed by atoms with Crippen LogP contribution >= 0.6 is 11.6 Å². The molecule has 17 heavy (non-hydrogen) atoms. The molecule has 0 aliphatic heterocycles. The van der Waals surface area contributed by atoms with Gasteiger partial charge in [-0.3, -0.25) is 9.78 Å². The van der Waals surface area contributed by atoms with E-state index in [-0.39, 0.29) is 5.91 Å². The lowest BCUT2D eigenvalue weighted by molar-refractivity contribution is 0.102. The molecule has 0 aromatic carbocycles. The molecule has 0 aliphatic rings.